The Bertz CT molecular complexity index is 1620. The lowest BCUT2D eigenvalue weighted by molar-refractivity contribution is 0.0190. The molecule has 4 aromatic rings. The smallest absolute Gasteiger partial charge is 0.428 e. The molecule has 0 aliphatic heterocycles. The van der Waals surface area contributed by atoms with E-state index in [2.05, 4.69) is 72.8 Å². The molecule has 0 fully saturated rings. The average Bonchev–Trinajstić information content (AvgIpc) is 3.22. The summed E-state index contributed by atoms with van der Waals surface area (Å²) >= 11 is 0. The topological polar surface area (TPSA) is 71.1 Å². The number of hydrogen-bond donors (Lipinski definition) is 0. The summed E-state index contributed by atoms with van der Waals surface area (Å²) in [6.45, 7) is 18.7. The van der Waals surface area contributed by atoms with E-state index >= 15 is 0 Å². The van der Waals surface area contributed by atoms with E-state index in [1.807, 2.05) is 69.2 Å². The predicted molar refractivity (Wildman–Crippen MR) is 176 cm³/mol. The Morgan fingerprint density at radius 1 is 0.533 bits per heavy atom. The van der Waals surface area contributed by atoms with Gasteiger partial charge in [0, 0.05) is 0 Å². The maximum atomic E-state index is 12.7. The first-order chi connectivity index (χ1) is 21.0. The second kappa shape index (κ2) is 11.4. The number of benzene rings is 4. The van der Waals surface area contributed by atoms with Crippen molar-refractivity contribution in [2.75, 3.05) is 0 Å². The predicted octanol–water partition coefficient (Wildman–Crippen LogP) is 9.91. The number of hydrogen-bond acceptors (Lipinski definition) is 6. The fourth-order valence-corrected chi connectivity index (χ4v) is 6.39. The maximum absolute atomic E-state index is 12.7. The summed E-state index contributed by atoms with van der Waals surface area (Å²) in [4.78, 5) is 25.3. The van der Waals surface area contributed by atoms with Gasteiger partial charge >= 0.3 is 12.3 Å². The lowest BCUT2D eigenvalue weighted by atomic mass is 9.66. The molecule has 0 atom stereocenters. The molecule has 0 spiro atoms. The van der Waals surface area contributed by atoms with Crippen LogP contribution in [-0.2, 0) is 14.9 Å². The van der Waals surface area contributed by atoms with Gasteiger partial charge in [0.15, 0.2) is 0 Å². The van der Waals surface area contributed by atoms with E-state index in [9.17, 15) is 9.59 Å². The summed E-state index contributed by atoms with van der Waals surface area (Å²) in [6, 6.07) is 25.3. The Kier molecular flexibility index (Phi) is 8.07. The minimum absolute atomic E-state index is 0.483. The molecule has 5 rings (SSSR count). The Labute approximate surface area is 266 Å². The molecule has 0 amide bonds. The van der Waals surface area contributed by atoms with Crippen molar-refractivity contribution >= 4 is 12.3 Å². The number of carbonyl (C=O) groups is 2. The molecule has 6 nitrogen and oxygen atoms in total. The Morgan fingerprint density at radius 2 is 0.844 bits per heavy atom. The van der Waals surface area contributed by atoms with E-state index in [-0.39, 0.29) is 0 Å². The summed E-state index contributed by atoms with van der Waals surface area (Å²) in [7, 11) is 0. The van der Waals surface area contributed by atoms with Crippen molar-refractivity contribution in [1.29, 1.82) is 0 Å². The summed E-state index contributed by atoms with van der Waals surface area (Å²) in [5, 5.41) is 0. The second-order valence-electron chi connectivity index (χ2n) is 13.9. The SMILES string of the molecule is Cc1cc(C2(c3cc(C)c(OC(=O)OC(C)(C)C)c(C)c3)c3ccccc3-c3ccccc32)cc(C)c1OC(=O)OC(C)(C)C. The summed E-state index contributed by atoms with van der Waals surface area (Å²) in [5.74, 6) is 0.965. The maximum Gasteiger partial charge on any atom is 0.514 e. The van der Waals surface area contributed by atoms with Crippen molar-refractivity contribution in [2.24, 2.45) is 0 Å². The lowest BCUT2D eigenvalue weighted by Crippen LogP contribution is -2.30. The standard InChI is InChI=1S/C39H42O6/c1-23-19-27(20-24(2)33(23)42-35(40)44-37(5,6)7)39(31-17-13-11-15-29(31)30-16-12-14-18-32(30)39)28-21-25(3)34(26(4)22-28)43-36(41)45-38(8,9)10/h11-22H,1-10H3. The lowest BCUT2D eigenvalue weighted by Gasteiger charge is -2.35. The zero-order valence-corrected chi connectivity index (χ0v) is 27.9. The number of ether oxygens (including phenoxy) is 4. The zero-order valence-electron chi connectivity index (χ0n) is 27.9. The van der Waals surface area contributed by atoms with Crippen molar-refractivity contribution in [2.45, 2.75) is 85.9 Å². The molecule has 0 N–H and O–H groups in total. The monoisotopic (exact) mass is 606 g/mol. The summed E-state index contributed by atoms with van der Waals surface area (Å²) in [6.07, 6.45) is -1.47. The van der Waals surface area contributed by atoms with Gasteiger partial charge in [0.25, 0.3) is 0 Å². The highest BCUT2D eigenvalue weighted by Crippen LogP contribution is 2.57. The Hall–Kier alpha value is -4.58. The molecular weight excluding hydrogens is 564 g/mol. The number of carbonyl (C=O) groups excluding carboxylic acids is 2. The van der Waals surface area contributed by atoms with Crippen molar-refractivity contribution in [1.82, 2.24) is 0 Å². The van der Waals surface area contributed by atoms with Crippen LogP contribution in [0.4, 0.5) is 9.59 Å². The van der Waals surface area contributed by atoms with E-state index < -0.39 is 28.9 Å². The van der Waals surface area contributed by atoms with E-state index in [0.717, 1.165) is 55.6 Å². The van der Waals surface area contributed by atoms with Gasteiger partial charge < -0.3 is 18.9 Å². The molecule has 0 saturated carbocycles. The second-order valence-corrected chi connectivity index (χ2v) is 13.9. The van der Waals surface area contributed by atoms with Crippen LogP contribution in [-0.4, -0.2) is 23.5 Å². The normalized spacial score (nSPS) is 13.5. The quantitative estimate of drug-likeness (QED) is 0.150. The number of fused-ring (bicyclic) bond motifs is 3. The minimum Gasteiger partial charge on any atom is -0.428 e. The number of aryl methyl sites for hydroxylation is 4. The first-order valence-corrected chi connectivity index (χ1v) is 15.3. The van der Waals surface area contributed by atoms with Crippen LogP contribution in [0.3, 0.4) is 0 Å². The van der Waals surface area contributed by atoms with E-state index in [4.69, 9.17) is 18.9 Å². The molecule has 0 bridgehead atoms. The van der Waals surface area contributed by atoms with Crippen molar-refractivity contribution in [3.8, 4) is 22.6 Å². The van der Waals surface area contributed by atoms with Crippen molar-refractivity contribution in [3.05, 3.63) is 117 Å². The third-order valence-corrected chi connectivity index (χ3v) is 7.89. The van der Waals surface area contributed by atoms with Gasteiger partial charge in [-0.1, -0.05) is 72.8 Å². The fourth-order valence-electron chi connectivity index (χ4n) is 6.39. The number of rotatable bonds is 4. The average molecular weight is 607 g/mol. The van der Waals surface area contributed by atoms with Crippen molar-refractivity contribution < 1.29 is 28.5 Å². The first kappa shape index (κ1) is 31.8. The molecule has 0 radical (unpaired) electrons. The minimum atomic E-state index is -0.737. The molecule has 1 aliphatic rings. The molecule has 1 aliphatic carbocycles. The van der Waals surface area contributed by atoms with Crippen LogP contribution in [0.15, 0.2) is 72.8 Å². The van der Waals surface area contributed by atoms with Crippen LogP contribution in [0.25, 0.3) is 11.1 Å². The molecule has 0 aromatic heterocycles. The van der Waals surface area contributed by atoms with E-state index in [1.54, 1.807) is 0 Å². The molecular formula is C39H42O6. The van der Waals surface area contributed by atoms with Gasteiger partial charge in [-0.3, -0.25) is 0 Å². The molecule has 234 valence electrons. The molecule has 0 saturated heterocycles. The summed E-state index contributed by atoms with van der Waals surface area (Å²) in [5.41, 5.74) is 7.88. The van der Waals surface area contributed by atoms with Crippen LogP contribution >= 0.6 is 0 Å². The third kappa shape index (κ3) is 6.06. The fraction of sp³-hybridized carbons (Fsp3) is 0.333. The van der Waals surface area contributed by atoms with Gasteiger partial charge in [-0.15, -0.1) is 0 Å². The highest BCUT2D eigenvalue weighted by Gasteiger charge is 2.46. The van der Waals surface area contributed by atoms with Gasteiger partial charge in [-0.05, 0) is 125 Å². The molecule has 6 heteroatoms. The van der Waals surface area contributed by atoms with E-state index in [0.29, 0.717) is 11.5 Å². The van der Waals surface area contributed by atoms with Crippen molar-refractivity contribution in [3.63, 3.8) is 0 Å². The third-order valence-electron chi connectivity index (χ3n) is 7.89. The largest absolute Gasteiger partial charge is 0.514 e. The van der Waals surface area contributed by atoms with Gasteiger partial charge in [-0.2, -0.15) is 0 Å². The van der Waals surface area contributed by atoms with Crippen LogP contribution in [0.5, 0.6) is 11.5 Å². The van der Waals surface area contributed by atoms with Crippen LogP contribution in [0, 0.1) is 27.7 Å². The Balaban J connectivity index is 1.72. The van der Waals surface area contributed by atoms with Gasteiger partial charge in [0.1, 0.15) is 22.7 Å². The van der Waals surface area contributed by atoms with Crippen LogP contribution in [0.1, 0.15) is 86.1 Å². The molecule has 0 heterocycles. The van der Waals surface area contributed by atoms with Crippen LogP contribution < -0.4 is 9.47 Å². The van der Waals surface area contributed by atoms with Gasteiger partial charge in [0.05, 0.1) is 5.41 Å². The van der Waals surface area contributed by atoms with Gasteiger partial charge in [-0.25, -0.2) is 9.59 Å². The molecule has 0 unspecified atom stereocenters. The highest BCUT2D eigenvalue weighted by molar-refractivity contribution is 5.86. The molecule has 4 aromatic carbocycles. The zero-order chi connectivity index (χ0) is 32.9. The molecule has 45 heavy (non-hydrogen) atoms. The highest BCUT2D eigenvalue weighted by atomic mass is 16.7. The summed E-state index contributed by atoms with van der Waals surface area (Å²) < 4.78 is 22.4. The first-order valence-electron chi connectivity index (χ1n) is 15.3. The Morgan fingerprint density at radius 3 is 1.16 bits per heavy atom. The van der Waals surface area contributed by atoms with Crippen LogP contribution in [0.2, 0.25) is 0 Å². The van der Waals surface area contributed by atoms with E-state index in [1.165, 1.54) is 0 Å². The van der Waals surface area contributed by atoms with Gasteiger partial charge in [0.2, 0.25) is 0 Å².